The largest absolute Gasteiger partial charge is 0.453 e. The molecule has 0 bridgehead atoms. The topological polar surface area (TPSA) is 67.4 Å². The molecule has 1 heterocycles. The molecule has 0 aliphatic heterocycles. The predicted octanol–water partition coefficient (Wildman–Crippen LogP) is 2.45. The summed E-state index contributed by atoms with van der Waals surface area (Å²) < 4.78 is 4.45. The fourth-order valence-corrected chi connectivity index (χ4v) is 3.50. The number of hydrogen-bond donors (Lipinski definition) is 2. The Bertz CT molecular complexity index is 441. The third-order valence-electron chi connectivity index (χ3n) is 3.62. The van der Waals surface area contributed by atoms with Gasteiger partial charge < -0.3 is 15.4 Å². The molecule has 0 unspecified atom stereocenters. The van der Waals surface area contributed by atoms with Crippen LogP contribution in [0.3, 0.4) is 0 Å². The van der Waals surface area contributed by atoms with Crippen molar-refractivity contribution in [3.8, 4) is 0 Å². The van der Waals surface area contributed by atoms with Crippen molar-refractivity contribution in [2.75, 3.05) is 13.7 Å². The van der Waals surface area contributed by atoms with E-state index in [-0.39, 0.29) is 18.5 Å². The summed E-state index contributed by atoms with van der Waals surface area (Å²) in [6.07, 6.45) is 4.15. The van der Waals surface area contributed by atoms with E-state index < -0.39 is 6.09 Å². The van der Waals surface area contributed by atoms with E-state index in [1.54, 1.807) is 11.3 Å². The Morgan fingerprint density at radius 3 is 2.80 bits per heavy atom. The zero-order valence-electron chi connectivity index (χ0n) is 11.6. The summed E-state index contributed by atoms with van der Waals surface area (Å²) in [4.78, 5) is 24.1. The van der Waals surface area contributed by atoms with E-state index in [4.69, 9.17) is 0 Å². The molecule has 1 aliphatic carbocycles. The molecule has 2 N–H and O–H groups in total. The molecule has 1 aliphatic rings. The van der Waals surface area contributed by atoms with Crippen LogP contribution < -0.4 is 10.6 Å². The third-order valence-corrected chi connectivity index (χ3v) is 4.57. The normalized spacial score (nSPS) is 16.6. The minimum absolute atomic E-state index is 0.0543. The average molecular weight is 296 g/mol. The van der Waals surface area contributed by atoms with Gasteiger partial charge >= 0.3 is 6.09 Å². The molecule has 2 amide bonds. The van der Waals surface area contributed by atoms with E-state index >= 15 is 0 Å². The molecule has 1 fully saturated rings. The monoisotopic (exact) mass is 296 g/mol. The van der Waals surface area contributed by atoms with Gasteiger partial charge in [-0.25, -0.2) is 4.79 Å². The average Bonchev–Trinajstić information content (AvgIpc) is 3.14. The smallest absolute Gasteiger partial charge is 0.407 e. The lowest BCUT2D eigenvalue weighted by Gasteiger charge is -2.23. The highest BCUT2D eigenvalue weighted by molar-refractivity contribution is 7.10. The van der Waals surface area contributed by atoms with Crippen LogP contribution in [-0.2, 0) is 9.53 Å². The van der Waals surface area contributed by atoms with Crippen molar-refractivity contribution in [1.29, 1.82) is 0 Å². The van der Waals surface area contributed by atoms with Crippen molar-refractivity contribution in [2.24, 2.45) is 5.92 Å². The third kappa shape index (κ3) is 3.96. The second-order valence-corrected chi connectivity index (χ2v) is 5.93. The molecular weight excluding hydrogens is 276 g/mol. The fraction of sp³-hybridized carbons (Fsp3) is 0.571. The van der Waals surface area contributed by atoms with Crippen molar-refractivity contribution in [3.63, 3.8) is 0 Å². The van der Waals surface area contributed by atoms with E-state index in [2.05, 4.69) is 21.4 Å². The number of rotatable bonds is 5. The van der Waals surface area contributed by atoms with Gasteiger partial charge in [0.1, 0.15) is 6.54 Å². The Morgan fingerprint density at radius 2 is 2.20 bits per heavy atom. The maximum absolute atomic E-state index is 11.9. The molecule has 1 saturated carbocycles. The molecule has 1 aromatic heterocycles. The number of methoxy groups -OCH3 is 1. The highest BCUT2D eigenvalue weighted by Gasteiger charge is 2.28. The van der Waals surface area contributed by atoms with Crippen LogP contribution in [0.2, 0.25) is 0 Å². The van der Waals surface area contributed by atoms with Crippen molar-refractivity contribution < 1.29 is 14.3 Å². The first-order valence-corrected chi connectivity index (χ1v) is 7.73. The van der Waals surface area contributed by atoms with Crippen LogP contribution in [-0.4, -0.2) is 25.7 Å². The lowest BCUT2D eigenvalue weighted by molar-refractivity contribution is -0.121. The van der Waals surface area contributed by atoms with Gasteiger partial charge in [-0.3, -0.25) is 4.79 Å². The van der Waals surface area contributed by atoms with Gasteiger partial charge in [0.2, 0.25) is 5.91 Å². The Morgan fingerprint density at radius 1 is 1.45 bits per heavy atom. The first-order valence-electron chi connectivity index (χ1n) is 6.85. The Labute approximate surface area is 122 Å². The van der Waals surface area contributed by atoms with Gasteiger partial charge in [-0.1, -0.05) is 18.9 Å². The number of thiophene rings is 1. The molecule has 0 aromatic carbocycles. The standard InChI is InChI=1S/C14H20N2O3S/c1-19-14(18)15-9-12(17)16-13(10-5-2-3-6-10)11-7-4-8-20-11/h4,7-8,10,13H,2-3,5-6,9H2,1H3,(H,15,18)(H,16,17)/t13-/m1/s1. The molecule has 1 atom stereocenters. The summed E-state index contributed by atoms with van der Waals surface area (Å²) in [7, 11) is 1.28. The van der Waals surface area contributed by atoms with E-state index in [0.29, 0.717) is 5.92 Å². The Kier molecular flexibility index (Phi) is 5.40. The van der Waals surface area contributed by atoms with Crippen LogP contribution in [0.15, 0.2) is 17.5 Å². The van der Waals surface area contributed by atoms with Gasteiger partial charge in [-0.2, -0.15) is 0 Å². The zero-order valence-corrected chi connectivity index (χ0v) is 12.4. The van der Waals surface area contributed by atoms with E-state index in [1.165, 1.54) is 24.8 Å². The van der Waals surface area contributed by atoms with E-state index in [0.717, 1.165) is 12.8 Å². The molecule has 0 radical (unpaired) electrons. The van der Waals surface area contributed by atoms with E-state index in [9.17, 15) is 9.59 Å². The molecule has 6 heteroatoms. The van der Waals surface area contributed by atoms with Crippen LogP contribution >= 0.6 is 11.3 Å². The summed E-state index contributed by atoms with van der Waals surface area (Å²) in [6.45, 7) is -0.0543. The number of nitrogens with one attached hydrogen (secondary N) is 2. The highest BCUT2D eigenvalue weighted by Crippen LogP contribution is 2.37. The minimum Gasteiger partial charge on any atom is -0.453 e. The van der Waals surface area contributed by atoms with Crippen molar-refractivity contribution >= 4 is 23.3 Å². The second-order valence-electron chi connectivity index (χ2n) is 4.95. The summed E-state index contributed by atoms with van der Waals surface area (Å²) in [5, 5.41) is 7.47. The second kappa shape index (κ2) is 7.28. The number of ether oxygens (including phenoxy) is 1. The van der Waals surface area contributed by atoms with Gasteiger partial charge in [0.15, 0.2) is 0 Å². The molecule has 5 nitrogen and oxygen atoms in total. The molecule has 2 rings (SSSR count). The maximum atomic E-state index is 11.9. The van der Waals surface area contributed by atoms with Crippen LogP contribution in [0.5, 0.6) is 0 Å². The van der Waals surface area contributed by atoms with Crippen LogP contribution in [0.1, 0.15) is 36.6 Å². The first-order chi connectivity index (χ1) is 9.70. The molecule has 1 aromatic rings. The predicted molar refractivity (Wildman–Crippen MR) is 77.6 cm³/mol. The molecule has 20 heavy (non-hydrogen) atoms. The molecule has 110 valence electrons. The van der Waals surface area contributed by atoms with Gasteiger partial charge in [0, 0.05) is 4.88 Å². The number of amides is 2. The van der Waals surface area contributed by atoms with Gasteiger partial charge in [0.25, 0.3) is 0 Å². The zero-order chi connectivity index (χ0) is 14.4. The van der Waals surface area contributed by atoms with Crippen LogP contribution in [0, 0.1) is 5.92 Å². The van der Waals surface area contributed by atoms with Gasteiger partial charge in [-0.15, -0.1) is 11.3 Å². The quantitative estimate of drug-likeness (QED) is 0.877. The first kappa shape index (κ1) is 14.8. The summed E-state index contributed by atoms with van der Waals surface area (Å²) in [6, 6.07) is 4.12. The van der Waals surface area contributed by atoms with E-state index in [1.807, 2.05) is 11.4 Å². The highest BCUT2D eigenvalue weighted by atomic mass is 32.1. The SMILES string of the molecule is COC(=O)NCC(=O)N[C@@H](c1cccs1)C1CCCC1. The number of hydrogen-bond acceptors (Lipinski definition) is 4. The maximum Gasteiger partial charge on any atom is 0.407 e. The van der Waals surface area contributed by atoms with Crippen molar-refractivity contribution in [2.45, 2.75) is 31.7 Å². The summed E-state index contributed by atoms with van der Waals surface area (Å²) >= 11 is 1.66. The van der Waals surface area contributed by atoms with Crippen LogP contribution in [0.4, 0.5) is 4.79 Å². The minimum atomic E-state index is -0.589. The summed E-state index contributed by atoms with van der Waals surface area (Å²) in [5.74, 6) is 0.316. The van der Waals surface area contributed by atoms with Crippen molar-refractivity contribution in [1.82, 2.24) is 10.6 Å². The van der Waals surface area contributed by atoms with Gasteiger partial charge in [0.05, 0.1) is 13.2 Å². The molecule has 0 saturated heterocycles. The Balaban J connectivity index is 1.93. The molecular formula is C14H20N2O3S. The fourth-order valence-electron chi connectivity index (χ4n) is 2.63. The van der Waals surface area contributed by atoms with Crippen molar-refractivity contribution in [3.05, 3.63) is 22.4 Å². The number of carbonyl (C=O) groups excluding carboxylic acids is 2. The Hall–Kier alpha value is -1.56. The molecule has 0 spiro atoms. The van der Waals surface area contributed by atoms with Gasteiger partial charge in [-0.05, 0) is 30.2 Å². The lowest BCUT2D eigenvalue weighted by atomic mass is 9.96. The number of carbonyl (C=O) groups is 2. The summed E-state index contributed by atoms with van der Waals surface area (Å²) in [5.41, 5.74) is 0. The number of alkyl carbamates (subject to hydrolysis) is 1. The lowest BCUT2D eigenvalue weighted by Crippen LogP contribution is -2.40. The van der Waals surface area contributed by atoms with Crippen LogP contribution in [0.25, 0.3) is 0 Å².